The van der Waals surface area contributed by atoms with Crippen molar-refractivity contribution in [2.75, 3.05) is 0 Å². The van der Waals surface area contributed by atoms with Crippen molar-refractivity contribution in [2.45, 2.75) is 13.5 Å². The fourth-order valence-electron chi connectivity index (χ4n) is 1.13. The summed E-state index contributed by atoms with van der Waals surface area (Å²) in [4.78, 5) is 10.8. The Morgan fingerprint density at radius 3 is 2.58 bits per heavy atom. The van der Waals surface area contributed by atoms with Gasteiger partial charge in [0.05, 0.1) is 0 Å². The van der Waals surface area contributed by atoms with E-state index in [2.05, 4.69) is 0 Å². The molecule has 1 rings (SSSR count). The van der Waals surface area contributed by atoms with Gasteiger partial charge in [0.15, 0.2) is 0 Å². The number of carbonyl (C=O) groups excluding carboxylic acids is 1. The molecule has 0 radical (unpaired) electrons. The summed E-state index contributed by atoms with van der Waals surface area (Å²) in [5, 5.41) is 0. The van der Waals surface area contributed by atoms with Crippen molar-refractivity contribution >= 4 is 5.91 Å². The molecule has 0 aliphatic heterocycles. The van der Waals surface area contributed by atoms with Crippen molar-refractivity contribution in [3.8, 4) is 0 Å². The predicted octanol–water partition coefficient (Wildman–Crippen LogP) is 0.553. The van der Waals surface area contributed by atoms with Crippen molar-refractivity contribution in [2.24, 2.45) is 11.5 Å². The van der Waals surface area contributed by atoms with Gasteiger partial charge in [0, 0.05) is 12.1 Å². The van der Waals surface area contributed by atoms with Crippen LogP contribution in [0.3, 0.4) is 0 Å². The summed E-state index contributed by atoms with van der Waals surface area (Å²) >= 11 is 0. The average molecular weight is 164 g/mol. The number of aryl methyl sites for hydroxylation is 1. The van der Waals surface area contributed by atoms with Gasteiger partial charge in [0.1, 0.15) is 0 Å². The quantitative estimate of drug-likeness (QED) is 0.670. The van der Waals surface area contributed by atoms with E-state index in [0.717, 1.165) is 11.1 Å². The smallest absolute Gasteiger partial charge is 0.248 e. The Bertz CT molecular complexity index is 307. The second-order valence-electron chi connectivity index (χ2n) is 2.72. The molecule has 1 amide bonds. The van der Waals surface area contributed by atoms with Crippen LogP contribution < -0.4 is 11.5 Å². The summed E-state index contributed by atoms with van der Waals surface area (Å²) in [6, 6.07) is 5.40. The van der Waals surface area contributed by atoms with Crippen molar-refractivity contribution in [3.63, 3.8) is 0 Å². The van der Waals surface area contributed by atoms with Gasteiger partial charge in [-0.2, -0.15) is 0 Å². The molecule has 0 saturated heterocycles. The number of rotatable bonds is 2. The van der Waals surface area contributed by atoms with E-state index in [4.69, 9.17) is 11.5 Å². The predicted molar refractivity (Wildman–Crippen MR) is 47.6 cm³/mol. The highest BCUT2D eigenvalue weighted by molar-refractivity contribution is 5.94. The van der Waals surface area contributed by atoms with Crippen molar-refractivity contribution in [1.82, 2.24) is 0 Å². The van der Waals surface area contributed by atoms with E-state index < -0.39 is 5.91 Å². The summed E-state index contributed by atoms with van der Waals surface area (Å²) in [6.07, 6.45) is 0. The van der Waals surface area contributed by atoms with Gasteiger partial charge in [-0.25, -0.2) is 0 Å². The highest BCUT2D eigenvalue weighted by Gasteiger charge is 2.03. The van der Waals surface area contributed by atoms with Crippen molar-refractivity contribution in [1.29, 1.82) is 0 Å². The Kier molecular flexibility index (Phi) is 2.45. The Labute approximate surface area is 71.4 Å². The fourth-order valence-corrected chi connectivity index (χ4v) is 1.13. The number of carbonyl (C=O) groups is 1. The first-order valence-corrected chi connectivity index (χ1v) is 3.74. The molecule has 0 aliphatic carbocycles. The molecule has 0 heterocycles. The van der Waals surface area contributed by atoms with Gasteiger partial charge in [-0.3, -0.25) is 4.79 Å². The van der Waals surface area contributed by atoms with Gasteiger partial charge in [-0.05, 0) is 24.1 Å². The summed E-state index contributed by atoms with van der Waals surface area (Å²) in [7, 11) is 0. The topological polar surface area (TPSA) is 69.1 Å². The van der Waals surface area contributed by atoms with Gasteiger partial charge in [-0.1, -0.05) is 12.1 Å². The molecule has 0 spiro atoms. The number of hydrogen-bond donors (Lipinski definition) is 2. The van der Waals surface area contributed by atoms with Gasteiger partial charge in [0.25, 0.3) is 0 Å². The third-order valence-electron chi connectivity index (χ3n) is 1.79. The molecule has 1 aromatic carbocycles. The van der Waals surface area contributed by atoms with Crippen LogP contribution in [0.25, 0.3) is 0 Å². The minimum Gasteiger partial charge on any atom is -0.366 e. The molecule has 0 atom stereocenters. The van der Waals surface area contributed by atoms with Crippen LogP contribution in [0, 0.1) is 6.92 Å². The first-order valence-electron chi connectivity index (χ1n) is 3.74. The zero-order valence-electron chi connectivity index (χ0n) is 7.00. The number of nitrogens with two attached hydrogens (primary N) is 2. The normalized spacial score (nSPS) is 9.83. The van der Waals surface area contributed by atoms with E-state index in [1.165, 1.54) is 0 Å². The second kappa shape index (κ2) is 3.36. The van der Waals surface area contributed by atoms with E-state index in [-0.39, 0.29) is 0 Å². The molecule has 1 aromatic rings. The van der Waals surface area contributed by atoms with Crippen molar-refractivity contribution in [3.05, 3.63) is 34.9 Å². The van der Waals surface area contributed by atoms with E-state index >= 15 is 0 Å². The lowest BCUT2D eigenvalue weighted by Crippen LogP contribution is -2.13. The van der Waals surface area contributed by atoms with Gasteiger partial charge < -0.3 is 11.5 Å². The maximum absolute atomic E-state index is 10.8. The molecule has 0 saturated carbocycles. The first-order chi connectivity index (χ1) is 5.65. The minimum atomic E-state index is -0.393. The molecular formula is C9H12N2O. The van der Waals surface area contributed by atoms with Crippen LogP contribution in [-0.2, 0) is 6.54 Å². The third-order valence-corrected chi connectivity index (χ3v) is 1.79. The molecule has 3 heteroatoms. The summed E-state index contributed by atoms with van der Waals surface area (Å²) < 4.78 is 0. The molecule has 0 unspecified atom stereocenters. The van der Waals surface area contributed by atoms with Gasteiger partial charge >= 0.3 is 0 Å². The van der Waals surface area contributed by atoms with Gasteiger partial charge in [-0.15, -0.1) is 0 Å². The number of hydrogen-bond acceptors (Lipinski definition) is 2. The average Bonchev–Trinajstić information content (AvgIpc) is 2.03. The standard InChI is InChI=1S/C9H12N2O/c1-6-4-7(5-10)2-3-8(6)9(11)12/h2-4H,5,10H2,1H3,(H2,11,12). The van der Waals surface area contributed by atoms with E-state index in [0.29, 0.717) is 12.1 Å². The summed E-state index contributed by atoms with van der Waals surface area (Å²) in [5.74, 6) is -0.393. The first kappa shape index (κ1) is 8.74. The van der Waals surface area contributed by atoms with E-state index in [1.807, 2.05) is 19.1 Å². The molecule has 0 aromatic heterocycles. The number of amides is 1. The molecule has 64 valence electrons. The Balaban J connectivity index is 3.12. The summed E-state index contributed by atoms with van der Waals surface area (Å²) in [5.41, 5.74) is 13.0. The maximum atomic E-state index is 10.8. The molecule has 0 bridgehead atoms. The number of primary amides is 1. The fraction of sp³-hybridized carbons (Fsp3) is 0.222. The lowest BCUT2D eigenvalue weighted by atomic mass is 10.0. The Morgan fingerprint density at radius 1 is 1.50 bits per heavy atom. The molecule has 0 aliphatic rings. The van der Waals surface area contributed by atoms with E-state index in [1.54, 1.807) is 6.07 Å². The highest BCUT2D eigenvalue weighted by atomic mass is 16.1. The maximum Gasteiger partial charge on any atom is 0.248 e. The summed E-state index contributed by atoms with van der Waals surface area (Å²) in [6.45, 7) is 2.33. The molecular weight excluding hydrogens is 152 g/mol. The molecule has 0 fully saturated rings. The van der Waals surface area contributed by atoms with Crippen LogP contribution >= 0.6 is 0 Å². The second-order valence-corrected chi connectivity index (χ2v) is 2.72. The number of benzene rings is 1. The Morgan fingerprint density at radius 2 is 2.17 bits per heavy atom. The monoisotopic (exact) mass is 164 g/mol. The van der Waals surface area contributed by atoms with Crippen LogP contribution in [0.4, 0.5) is 0 Å². The van der Waals surface area contributed by atoms with Crippen LogP contribution in [0.15, 0.2) is 18.2 Å². The molecule has 3 nitrogen and oxygen atoms in total. The van der Waals surface area contributed by atoms with Crippen LogP contribution in [0.2, 0.25) is 0 Å². The zero-order chi connectivity index (χ0) is 9.14. The van der Waals surface area contributed by atoms with Crippen molar-refractivity contribution < 1.29 is 4.79 Å². The van der Waals surface area contributed by atoms with Crippen LogP contribution in [-0.4, -0.2) is 5.91 Å². The SMILES string of the molecule is Cc1cc(CN)ccc1C(N)=O. The van der Waals surface area contributed by atoms with Crippen LogP contribution in [0.1, 0.15) is 21.5 Å². The van der Waals surface area contributed by atoms with E-state index in [9.17, 15) is 4.79 Å². The Hall–Kier alpha value is -1.35. The van der Waals surface area contributed by atoms with Crippen LogP contribution in [0.5, 0.6) is 0 Å². The molecule has 4 N–H and O–H groups in total. The largest absolute Gasteiger partial charge is 0.366 e. The zero-order valence-corrected chi connectivity index (χ0v) is 7.00. The lowest BCUT2D eigenvalue weighted by molar-refractivity contribution is 0.0999. The third kappa shape index (κ3) is 1.62. The lowest BCUT2D eigenvalue weighted by Gasteiger charge is -2.03. The minimum absolute atomic E-state index is 0.393. The molecule has 12 heavy (non-hydrogen) atoms. The van der Waals surface area contributed by atoms with Gasteiger partial charge in [0.2, 0.25) is 5.91 Å². The highest BCUT2D eigenvalue weighted by Crippen LogP contribution is 2.09.